The fraction of sp³-hybridized carbons (Fsp3) is 0.800. The van der Waals surface area contributed by atoms with Gasteiger partial charge in [0.2, 0.25) is 0 Å². The monoisotopic (exact) mass is 310 g/mol. The van der Waals surface area contributed by atoms with Gasteiger partial charge in [-0.15, -0.1) is 0 Å². The van der Waals surface area contributed by atoms with Crippen molar-refractivity contribution in [2.24, 2.45) is 0 Å². The number of thioether (sulfide) groups is 1. The summed E-state index contributed by atoms with van der Waals surface area (Å²) in [5.41, 5.74) is 0. The normalized spacial score (nSPS) is 19.9. The number of nitrogens with one attached hydrogen (secondary N) is 1. The molecule has 1 N–H and O–H groups in total. The lowest BCUT2D eigenvalue weighted by molar-refractivity contribution is -0.141. The van der Waals surface area contributed by atoms with Gasteiger partial charge in [0, 0.05) is 24.3 Å². The first-order valence-corrected chi connectivity index (χ1v) is 8.94. The molecule has 19 heavy (non-hydrogen) atoms. The van der Waals surface area contributed by atoms with Crippen LogP contribution in [0.2, 0.25) is 0 Å². The number of rotatable bonds is 4. The van der Waals surface area contributed by atoms with E-state index in [1.165, 1.54) is 16.7 Å². The SMILES string of the molecule is CCOC(=O)CNC(=O)N1CCSCC1S(C)(=O)=O. The second-order valence-corrected chi connectivity index (χ2v) is 7.37. The molecule has 1 unspecified atom stereocenters. The van der Waals surface area contributed by atoms with Gasteiger partial charge in [-0.3, -0.25) is 4.79 Å². The van der Waals surface area contributed by atoms with Gasteiger partial charge in [-0.05, 0) is 6.92 Å². The maximum Gasteiger partial charge on any atom is 0.325 e. The summed E-state index contributed by atoms with van der Waals surface area (Å²) in [5.74, 6) is 0.489. The molecule has 0 radical (unpaired) electrons. The molecule has 7 nitrogen and oxygen atoms in total. The Morgan fingerprint density at radius 1 is 1.47 bits per heavy atom. The number of sulfone groups is 1. The number of carbonyl (C=O) groups is 2. The summed E-state index contributed by atoms with van der Waals surface area (Å²) in [6.07, 6.45) is 1.11. The fourth-order valence-corrected chi connectivity index (χ4v) is 4.44. The van der Waals surface area contributed by atoms with Gasteiger partial charge < -0.3 is 15.0 Å². The maximum absolute atomic E-state index is 11.9. The van der Waals surface area contributed by atoms with Crippen LogP contribution in [-0.4, -0.2) is 68.1 Å². The van der Waals surface area contributed by atoms with Gasteiger partial charge in [0.05, 0.1) is 6.61 Å². The summed E-state index contributed by atoms with van der Waals surface area (Å²) >= 11 is 1.49. The molecule has 0 bridgehead atoms. The standard InChI is InChI=1S/C10H18N2O5S2/c1-3-17-9(13)6-11-10(14)12-4-5-18-7-8(12)19(2,15)16/h8H,3-7H2,1-2H3,(H,11,14). The summed E-state index contributed by atoms with van der Waals surface area (Å²) in [4.78, 5) is 24.3. The summed E-state index contributed by atoms with van der Waals surface area (Å²) in [6.45, 7) is 1.99. The second-order valence-electron chi connectivity index (χ2n) is 4.02. The molecule has 0 spiro atoms. The van der Waals surface area contributed by atoms with Gasteiger partial charge in [-0.25, -0.2) is 13.2 Å². The van der Waals surface area contributed by atoms with Crippen molar-refractivity contribution in [3.63, 3.8) is 0 Å². The molecule has 1 aliphatic heterocycles. The number of carbonyl (C=O) groups excluding carboxylic acids is 2. The zero-order valence-electron chi connectivity index (χ0n) is 10.9. The van der Waals surface area contributed by atoms with Crippen molar-refractivity contribution in [2.45, 2.75) is 12.3 Å². The first-order chi connectivity index (χ1) is 8.86. The quantitative estimate of drug-likeness (QED) is 0.715. The van der Waals surface area contributed by atoms with E-state index < -0.39 is 27.2 Å². The number of ether oxygens (including phenoxy) is 1. The van der Waals surface area contributed by atoms with Crippen molar-refractivity contribution < 1.29 is 22.7 Å². The smallest absolute Gasteiger partial charge is 0.325 e. The molecule has 9 heteroatoms. The van der Waals surface area contributed by atoms with Gasteiger partial charge >= 0.3 is 12.0 Å². The third-order valence-corrected chi connectivity index (χ3v) is 5.17. The summed E-state index contributed by atoms with van der Waals surface area (Å²) < 4.78 is 27.9. The lowest BCUT2D eigenvalue weighted by atomic mass is 10.5. The van der Waals surface area contributed by atoms with Crippen LogP contribution in [0.1, 0.15) is 6.92 Å². The lowest BCUT2D eigenvalue weighted by Crippen LogP contribution is -2.54. The number of hydrogen-bond acceptors (Lipinski definition) is 6. The Bertz CT molecular complexity index is 437. The van der Waals surface area contributed by atoms with Crippen molar-refractivity contribution in [3.8, 4) is 0 Å². The van der Waals surface area contributed by atoms with E-state index in [0.29, 0.717) is 18.1 Å². The predicted octanol–water partition coefficient (Wildman–Crippen LogP) is -0.321. The van der Waals surface area contributed by atoms with Crippen LogP contribution in [0, 0.1) is 0 Å². The molecule has 0 aliphatic carbocycles. The molecule has 1 fully saturated rings. The molecular weight excluding hydrogens is 292 g/mol. The number of amides is 2. The number of urea groups is 1. The highest BCUT2D eigenvalue weighted by Crippen LogP contribution is 2.20. The molecule has 1 saturated heterocycles. The summed E-state index contributed by atoms with van der Waals surface area (Å²) in [5, 5.41) is 1.54. The topological polar surface area (TPSA) is 92.8 Å². The second kappa shape index (κ2) is 6.99. The van der Waals surface area contributed by atoms with Crippen LogP contribution in [0.4, 0.5) is 4.79 Å². The van der Waals surface area contributed by atoms with Crippen LogP contribution in [0.5, 0.6) is 0 Å². The average Bonchev–Trinajstić information content (AvgIpc) is 2.35. The van der Waals surface area contributed by atoms with Crippen LogP contribution in [0.25, 0.3) is 0 Å². The van der Waals surface area contributed by atoms with E-state index in [1.807, 2.05) is 0 Å². The average molecular weight is 310 g/mol. The molecule has 0 aromatic carbocycles. The van der Waals surface area contributed by atoms with Crippen molar-refractivity contribution in [1.82, 2.24) is 10.2 Å². The van der Waals surface area contributed by atoms with E-state index in [9.17, 15) is 18.0 Å². The highest BCUT2D eigenvalue weighted by Gasteiger charge is 2.34. The first-order valence-electron chi connectivity index (χ1n) is 5.83. The van der Waals surface area contributed by atoms with Gasteiger partial charge in [-0.2, -0.15) is 11.8 Å². The molecule has 1 heterocycles. The molecule has 110 valence electrons. The van der Waals surface area contributed by atoms with Crippen molar-refractivity contribution in [2.75, 3.05) is 37.5 Å². The zero-order chi connectivity index (χ0) is 14.5. The van der Waals surface area contributed by atoms with E-state index in [0.717, 1.165) is 6.26 Å². The van der Waals surface area contributed by atoms with E-state index in [2.05, 4.69) is 10.1 Å². The Morgan fingerprint density at radius 3 is 2.74 bits per heavy atom. The van der Waals surface area contributed by atoms with Crippen molar-refractivity contribution >= 4 is 33.6 Å². The van der Waals surface area contributed by atoms with Gasteiger partial charge in [0.1, 0.15) is 11.9 Å². The zero-order valence-corrected chi connectivity index (χ0v) is 12.6. The van der Waals surface area contributed by atoms with E-state index in [-0.39, 0.29) is 13.2 Å². The molecule has 1 aliphatic rings. The Morgan fingerprint density at radius 2 is 2.16 bits per heavy atom. The van der Waals surface area contributed by atoms with Crippen molar-refractivity contribution in [1.29, 1.82) is 0 Å². The molecule has 0 saturated carbocycles. The molecule has 1 atom stereocenters. The highest BCUT2D eigenvalue weighted by atomic mass is 32.2. The van der Waals surface area contributed by atoms with E-state index in [4.69, 9.17) is 0 Å². The fourth-order valence-electron chi connectivity index (χ4n) is 1.63. The lowest BCUT2D eigenvalue weighted by Gasteiger charge is -2.33. The Labute approximate surface area is 117 Å². The summed E-state index contributed by atoms with van der Waals surface area (Å²) in [7, 11) is -3.34. The van der Waals surface area contributed by atoms with Crippen LogP contribution in [0.3, 0.4) is 0 Å². The largest absolute Gasteiger partial charge is 0.465 e. The molecule has 0 aromatic heterocycles. The van der Waals surface area contributed by atoms with Crippen LogP contribution >= 0.6 is 11.8 Å². The molecular formula is C10H18N2O5S2. The highest BCUT2D eigenvalue weighted by molar-refractivity contribution is 8.00. The van der Waals surface area contributed by atoms with Crippen LogP contribution in [-0.2, 0) is 19.4 Å². The number of nitrogens with zero attached hydrogens (tertiary/aromatic N) is 1. The molecule has 2 amide bonds. The van der Waals surface area contributed by atoms with Gasteiger partial charge in [-0.1, -0.05) is 0 Å². The predicted molar refractivity (Wildman–Crippen MR) is 72.7 cm³/mol. The number of hydrogen-bond donors (Lipinski definition) is 1. The third-order valence-electron chi connectivity index (χ3n) is 2.53. The minimum absolute atomic E-state index is 0.237. The maximum atomic E-state index is 11.9. The minimum atomic E-state index is -3.34. The Kier molecular flexibility index (Phi) is 5.92. The van der Waals surface area contributed by atoms with Crippen molar-refractivity contribution in [3.05, 3.63) is 0 Å². The van der Waals surface area contributed by atoms with Crippen LogP contribution in [0.15, 0.2) is 0 Å². The number of esters is 1. The minimum Gasteiger partial charge on any atom is -0.465 e. The Balaban J connectivity index is 2.60. The van der Waals surface area contributed by atoms with Gasteiger partial charge in [0.25, 0.3) is 0 Å². The Hall–Kier alpha value is -0.960. The third kappa shape index (κ3) is 4.90. The van der Waals surface area contributed by atoms with E-state index >= 15 is 0 Å². The molecule has 1 rings (SSSR count). The molecule has 0 aromatic rings. The van der Waals surface area contributed by atoms with E-state index in [1.54, 1.807) is 6.92 Å². The first kappa shape index (κ1) is 16.1. The van der Waals surface area contributed by atoms with Gasteiger partial charge in [0.15, 0.2) is 9.84 Å². The summed E-state index contributed by atoms with van der Waals surface area (Å²) in [6, 6.07) is -0.552. The van der Waals surface area contributed by atoms with Crippen LogP contribution < -0.4 is 5.32 Å².